The number of rotatable bonds is 5. The van der Waals surface area contributed by atoms with Gasteiger partial charge in [-0.1, -0.05) is 20.8 Å². The van der Waals surface area contributed by atoms with Crippen molar-refractivity contribution in [1.82, 2.24) is 4.90 Å². The van der Waals surface area contributed by atoms with Crippen molar-refractivity contribution in [2.45, 2.75) is 110 Å². The van der Waals surface area contributed by atoms with Crippen molar-refractivity contribution in [3.05, 3.63) is 0 Å². The molecule has 0 bridgehead atoms. The third-order valence-electron chi connectivity index (χ3n) is 10.0. The number of methoxy groups -OCH3 is 1. The largest absolute Gasteiger partial charge is 0.463 e. The van der Waals surface area contributed by atoms with Gasteiger partial charge in [0, 0.05) is 25.5 Å². The summed E-state index contributed by atoms with van der Waals surface area (Å²) in [5.74, 6) is -1.10. The van der Waals surface area contributed by atoms with Crippen LogP contribution < -0.4 is 5.73 Å². The van der Waals surface area contributed by atoms with Crippen molar-refractivity contribution in [2.24, 2.45) is 34.3 Å². The number of hydrogen-bond acceptors (Lipinski definition) is 9. The molecule has 0 radical (unpaired) electrons. The summed E-state index contributed by atoms with van der Waals surface area (Å²) in [6.07, 6.45) is 0.0346. The second kappa shape index (κ2) is 12.4. The van der Waals surface area contributed by atoms with Crippen LogP contribution in [0.15, 0.2) is 0 Å². The van der Waals surface area contributed by atoms with Crippen LogP contribution in [0, 0.1) is 28.6 Å². The molecular weight excluding hydrogens is 536 g/mol. The van der Waals surface area contributed by atoms with Crippen LogP contribution in [0.2, 0.25) is 0 Å². The fourth-order valence-corrected chi connectivity index (χ4v) is 7.68. The Balaban J connectivity index is 2.01. The number of ether oxygens (including phenoxy) is 4. The monoisotopic (exact) mass is 588 g/mol. The highest BCUT2D eigenvalue weighted by molar-refractivity contribution is 6.18. The minimum absolute atomic E-state index is 0.0328. The van der Waals surface area contributed by atoms with E-state index >= 15 is 0 Å². The Morgan fingerprint density at radius 1 is 1.15 bits per heavy atom. The van der Waals surface area contributed by atoms with Crippen LogP contribution in [0.1, 0.15) is 74.1 Å². The average molecular weight is 589 g/mol. The van der Waals surface area contributed by atoms with Gasteiger partial charge in [-0.2, -0.15) is 0 Å². The molecule has 1 aliphatic carbocycles. The molecule has 0 aromatic carbocycles. The molecule has 3 N–H and O–H groups in total. The molecule has 10 heteroatoms. The third-order valence-corrected chi connectivity index (χ3v) is 10.6. The maximum atomic E-state index is 14.0. The Morgan fingerprint density at radius 3 is 2.33 bits per heavy atom. The zero-order valence-electron chi connectivity index (χ0n) is 26.0. The Morgan fingerprint density at radius 2 is 1.77 bits per heavy atom. The number of ketones is 1. The lowest BCUT2D eigenvalue weighted by Gasteiger charge is -2.59. The van der Waals surface area contributed by atoms with E-state index in [4.69, 9.17) is 36.3 Å². The quantitative estimate of drug-likeness (QED) is 0.283. The number of likely N-dealkylation sites (N-methyl/N-ethyl adjacent to an activating group) is 1. The molecule has 3 aliphatic rings. The molecule has 9 nitrogen and oxygen atoms in total. The Labute approximate surface area is 245 Å². The highest BCUT2D eigenvalue weighted by Crippen LogP contribution is 2.52. The first-order chi connectivity index (χ1) is 18.5. The highest BCUT2D eigenvalue weighted by Gasteiger charge is 2.58. The Kier molecular flexibility index (Phi) is 10.5. The number of carbonyl (C=O) groups is 2. The van der Waals surface area contributed by atoms with Gasteiger partial charge in [0.05, 0.1) is 23.3 Å². The van der Waals surface area contributed by atoms with E-state index in [-0.39, 0.29) is 35.7 Å². The summed E-state index contributed by atoms with van der Waals surface area (Å²) >= 11 is 6.32. The van der Waals surface area contributed by atoms with E-state index in [2.05, 4.69) is 11.8 Å². The molecule has 0 unspecified atom stereocenters. The van der Waals surface area contributed by atoms with Gasteiger partial charge in [0.2, 0.25) is 0 Å². The van der Waals surface area contributed by atoms with Crippen molar-refractivity contribution in [3.8, 4) is 0 Å². The zero-order chi connectivity index (χ0) is 30.3. The number of aliphatic hydroxyl groups is 1. The van der Waals surface area contributed by atoms with E-state index in [9.17, 15) is 14.7 Å². The Hall–Kier alpha value is -0.810. The van der Waals surface area contributed by atoms with E-state index in [0.29, 0.717) is 44.7 Å². The standard InChI is InChI=1S/C30H53ClN2O7/c1-18-11-28(7,37-9)24(40-25-22(34)19(2)10-20(3)39-25)21(4)23(35)27(5,6)26(36)38-17-30(33(8)12-18)13-29(14-30,15-31)16-32/h18-22,24-25,34H,10-17,32H2,1-9H3/t18-,19+,20-,21+,22-,24-,25+,28-,29?,30?/m1/s1. The van der Waals surface area contributed by atoms with Gasteiger partial charge in [0.1, 0.15) is 18.1 Å². The summed E-state index contributed by atoms with van der Waals surface area (Å²) in [6.45, 7) is 14.3. The van der Waals surface area contributed by atoms with Crippen molar-refractivity contribution >= 4 is 23.4 Å². The van der Waals surface area contributed by atoms with Gasteiger partial charge in [-0.05, 0) is 84.2 Å². The number of esters is 1. The smallest absolute Gasteiger partial charge is 0.319 e. The number of carbonyl (C=O) groups excluding carboxylic acids is 2. The number of nitrogens with zero attached hydrogens (tertiary/aromatic N) is 1. The number of aliphatic hydroxyl groups excluding tert-OH is 1. The molecule has 1 spiro atoms. The molecule has 2 aliphatic heterocycles. The second-order valence-electron chi connectivity index (χ2n) is 14.1. The van der Waals surface area contributed by atoms with Gasteiger partial charge >= 0.3 is 5.97 Å². The van der Waals surface area contributed by atoms with E-state index in [1.54, 1.807) is 27.9 Å². The molecule has 2 heterocycles. The van der Waals surface area contributed by atoms with Crippen LogP contribution >= 0.6 is 11.6 Å². The van der Waals surface area contributed by atoms with Gasteiger partial charge < -0.3 is 29.8 Å². The number of cyclic esters (lactones) is 1. The number of Topliss-reactive ketones (excluding diaryl/α,β-unsaturated/α-hetero) is 1. The summed E-state index contributed by atoms with van der Waals surface area (Å²) in [4.78, 5) is 29.8. The van der Waals surface area contributed by atoms with Crippen molar-refractivity contribution in [2.75, 3.05) is 39.7 Å². The summed E-state index contributed by atoms with van der Waals surface area (Å²) in [5, 5.41) is 11.0. The van der Waals surface area contributed by atoms with Crippen LogP contribution in [0.4, 0.5) is 0 Å². The Bertz CT molecular complexity index is 904. The average Bonchev–Trinajstić information content (AvgIpc) is 2.87. The summed E-state index contributed by atoms with van der Waals surface area (Å²) < 4.78 is 24.6. The van der Waals surface area contributed by atoms with Crippen LogP contribution in [-0.2, 0) is 28.5 Å². The molecule has 232 valence electrons. The van der Waals surface area contributed by atoms with Gasteiger partial charge in [0.15, 0.2) is 12.1 Å². The summed E-state index contributed by atoms with van der Waals surface area (Å²) in [6, 6.07) is 0. The normalized spacial score (nSPS) is 45.6. The van der Waals surface area contributed by atoms with E-state index in [1.165, 1.54) is 0 Å². The SMILES string of the molecule is CO[C@]1(C)C[C@@H](C)CN(C)C2(COC(=O)C(C)(C)C(=O)[C@H](C)[C@H]1O[C@@H]1O[C@H](C)C[C@H](C)[C@H]1O)CC(CN)(CCl)C2. The van der Waals surface area contributed by atoms with Crippen molar-refractivity contribution in [1.29, 1.82) is 0 Å². The lowest BCUT2D eigenvalue weighted by Crippen LogP contribution is -2.66. The molecule has 0 amide bonds. The van der Waals surface area contributed by atoms with Gasteiger partial charge in [-0.25, -0.2) is 0 Å². The number of halogens is 1. The number of alkyl halides is 1. The summed E-state index contributed by atoms with van der Waals surface area (Å²) in [5.41, 5.74) is 3.14. The maximum Gasteiger partial charge on any atom is 0.319 e. The topological polar surface area (TPSA) is 121 Å². The van der Waals surface area contributed by atoms with Gasteiger partial charge in [0.25, 0.3) is 0 Å². The van der Waals surface area contributed by atoms with Crippen LogP contribution in [0.5, 0.6) is 0 Å². The van der Waals surface area contributed by atoms with Gasteiger partial charge in [-0.3, -0.25) is 14.5 Å². The molecule has 0 aromatic rings. The number of hydrogen-bond donors (Lipinski definition) is 2. The van der Waals surface area contributed by atoms with E-state index in [0.717, 1.165) is 0 Å². The summed E-state index contributed by atoms with van der Waals surface area (Å²) in [7, 11) is 3.67. The zero-order valence-corrected chi connectivity index (χ0v) is 26.8. The molecular formula is C30H53ClN2O7. The minimum Gasteiger partial charge on any atom is -0.463 e. The van der Waals surface area contributed by atoms with Crippen LogP contribution in [0.3, 0.4) is 0 Å². The molecule has 8 atom stereocenters. The third kappa shape index (κ3) is 6.41. The molecule has 0 aromatic heterocycles. The van der Waals surface area contributed by atoms with Crippen LogP contribution in [-0.4, -0.2) is 97.2 Å². The molecule has 1 saturated carbocycles. The fraction of sp³-hybridized carbons (Fsp3) is 0.933. The molecule has 3 fully saturated rings. The maximum absolute atomic E-state index is 14.0. The minimum atomic E-state index is -1.43. The predicted molar refractivity (Wildman–Crippen MR) is 154 cm³/mol. The first-order valence-corrected chi connectivity index (χ1v) is 15.3. The lowest BCUT2D eigenvalue weighted by molar-refractivity contribution is -0.295. The molecule has 40 heavy (non-hydrogen) atoms. The number of nitrogens with two attached hydrogens (primary N) is 1. The first kappa shape index (κ1) is 33.7. The predicted octanol–water partition coefficient (Wildman–Crippen LogP) is 3.37. The second-order valence-corrected chi connectivity index (χ2v) is 14.3. The fourth-order valence-electron chi connectivity index (χ4n) is 7.38. The molecule has 3 rings (SSSR count). The van der Waals surface area contributed by atoms with E-state index in [1.807, 2.05) is 27.8 Å². The first-order valence-electron chi connectivity index (χ1n) is 14.7. The lowest BCUT2D eigenvalue weighted by atomic mass is 9.57. The van der Waals surface area contributed by atoms with Crippen molar-refractivity contribution < 1.29 is 33.6 Å². The van der Waals surface area contributed by atoms with Gasteiger partial charge in [-0.15, -0.1) is 11.6 Å². The molecule has 2 saturated heterocycles. The van der Waals surface area contributed by atoms with Crippen molar-refractivity contribution in [3.63, 3.8) is 0 Å². The van der Waals surface area contributed by atoms with E-state index < -0.39 is 46.9 Å². The van der Waals surface area contributed by atoms with Crippen LogP contribution in [0.25, 0.3) is 0 Å². The highest BCUT2D eigenvalue weighted by atomic mass is 35.5.